The summed E-state index contributed by atoms with van der Waals surface area (Å²) in [7, 11) is 0. The Labute approximate surface area is 222 Å². The molecule has 35 heavy (non-hydrogen) atoms. The molecule has 0 saturated carbocycles. The van der Waals surface area contributed by atoms with Gasteiger partial charge in [0.25, 0.3) is 5.91 Å². The third-order valence-electron chi connectivity index (χ3n) is 5.17. The molecule has 3 aromatic rings. The molecular formula is C25H24N4O2S4. The lowest BCUT2D eigenvalue weighted by atomic mass is 10.1. The molecule has 1 saturated heterocycles. The number of aryl methyl sites for hydroxylation is 2. The molecule has 2 aromatic carbocycles. The Morgan fingerprint density at radius 1 is 1.09 bits per heavy atom. The normalized spacial score (nSPS) is 14.7. The lowest BCUT2D eigenvalue weighted by molar-refractivity contribution is -0.122. The fourth-order valence-electron chi connectivity index (χ4n) is 3.23. The second-order valence-electron chi connectivity index (χ2n) is 8.04. The molecule has 2 heterocycles. The molecule has 1 aromatic heterocycles. The van der Waals surface area contributed by atoms with Crippen molar-refractivity contribution in [2.45, 2.75) is 36.8 Å². The Hall–Kier alpha value is -2.53. The average Bonchev–Trinajstić information content (AvgIpc) is 3.39. The van der Waals surface area contributed by atoms with Gasteiger partial charge in [-0.1, -0.05) is 107 Å². The summed E-state index contributed by atoms with van der Waals surface area (Å²) < 4.78 is 1.33. The standard InChI is InChI=1S/C25H24N4O2S4/c1-16-5-9-18(10-6-16)14-20-22(31)29(25(32)34-20)13-3-4-21(30)26-23-27-28-24(35-23)33-15-19-11-7-17(2)8-12-19/h5-12,14H,3-4,13,15H2,1-2H3,(H,26,27,30)/b20-14-. The number of aromatic nitrogens is 2. The molecule has 180 valence electrons. The maximum Gasteiger partial charge on any atom is 0.266 e. The fraction of sp³-hybridized carbons (Fsp3) is 0.240. The van der Waals surface area contributed by atoms with Gasteiger partial charge in [-0.2, -0.15) is 0 Å². The Kier molecular flexibility index (Phi) is 8.72. The average molecular weight is 541 g/mol. The van der Waals surface area contributed by atoms with Gasteiger partial charge in [-0.15, -0.1) is 10.2 Å². The number of hydrogen-bond donors (Lipinski definition) is 1. The molecule has 2 amide bonds. The van der Waals surface area contributed by atoms with Gasteiger partial charge in [0.2, 0.25) is 11.0 Å². The first-order valence-electron chi connectivity index (χ1n) is 11.0. The van der Waals surface area contributed by atoms with Crippen molar-refractivity contribution in [1.82, 2.24) is 15.1 Å². The van der Waals surface area contributed by atoms with Crippen LogP contribution < -0.4 is 5.32 Å². The van der Waals surface area contributed by atoms with Crippen molar-refractivity contribution >= 4 is 74.4 Å². The number of nitrogens with one attached hydrogen (secondary N) is 1. The molecule has 0 aliphatic carbocycles. The summed E-state index contributed by atoms with van der Waals surface area (Å²) in [4.78, 5) is 27.3. The molecule has 0 atom stereocenters. The summed E-state index contributed by atoms with van der Waals surface area (Å²) in [6, 6.07) is 16.3. The van der Waals surface area contributed by atoms with E-state index in [2.05, 4.69) is 46.7 Å². The number of carbonyl (C=O) groups excluding carboxylic acids is 2. The van der Waals surface area contributed by atoms with Gasteiger partial charge in [0, 0.05) is 18.7 Å². The van der Waals surface area contributed by atoms with Gasteiger partial charge in [-0.05, 0) is 37.5 Å². The molecule has 1 aliphatic rings. The van der Waals surface area contributed by atoms with E-state index in [0.29, 0.717) is 27.3 Å². The van der Waals surface area contributed by atoms with Crippen LogP contribution in [0.4, 0.5) is 5.13 Å². The minimum Gasteiger partial charge on any atom is -0.301 e. The third-order valence-corrected chi connectivity index (χ3v) is 8.59. The van der Waals surface area contributed by atoms with Crippen LogP contribution in [0, 0.1) is 13.8 Å². The third kappa shape index (κ3) is 7.23. The van der Waals surface area contributed by atoms with Crippen molar-refractivity contribution in [1.29, 1.82) is 0 Å². The highest BCUT2D eigenvalue weighted by Gasteiger charge is 2.31. The maximum absolute atomic E-state index is 12.8. The van der Waals surface area contributed by atoms with E-state index in [9.17, 15) is 9.59 Å². The highest BCUT2D eigenvalue weighted by atomic mass is 32.2. The Balaban J connectivity index is 1.22. The molecule has 1 aliphatic heterocycles. The zero-order valence-corrected chi connectivity index (χ0v) is 22.6. The van der Waals surface area contributed by atoms with E-state index in [1.807, 2.05) is 37.3 Å². The van der Waals surface area contributed by atoms with Crippen LogP contribution in [0.2, 0.25) is 0 Å². The summed E-state index contributed by atoms with van der Waals surface area (Å²) in [6.45, 7) is 4.49. The first-order chi connectivity index (χ1) is 16.9. The van der Waals surface area contributed by atoms with Crippen LogP contribution in [0.1, 0.15) is 35.1 Å². The molecule has 0 unspecified atom stereocenters. The first-order valence-corrected chi connectivity index (χ1v) is 14.0. The predicted octanol–water partition coefficient (Wildman–Crippen LogP) is 6.07. The Bertz CT molecular complexity index is 1250. The molecule has 1 N–H and O–H groups in total. The van der Waals surface area contributed by atoms with E-state index in [4.69, 9.17) is 12.2 Å². The summed E-state index contributed by atoms with van der Waals surface area (Å²) >= 11 is 9.64. The van der Waals surface area contributed by atoms with Gasteiger partial charge < -0.3 is 5.32 Å². The SMILES string of the molecule is Cc1ccc(/C=C2\SC(=S)N(CCCC(=O)Nc3nnc(SCc4ccc(C)cc4)s3)C2=O)cc1. The number of anilines is 1. The number of thioether (sulfide) groups is 2. The lowest BCUT2D eigenvalue weighted by Crippen LogP contribution is -2.29. The molecule has 1 fully saturated rings. The molecule has 0 spiro atoms. The van der Waals surface area contributed by atoms with Crippen LogP contribution in [-0.4, -0.2) is 37.8 Å². The number of thiocarbonyl (C=S) groups is 1. The quantitative estimate of drug-likeness (QED) is 0.153. The van der Waals surface area contributed by atoms with Gasteiger partial charge in [0.15, 0.2) is 4.34 Å². The van der Waals surface area contributed by atoms with E-state index < -0.39 is 0 Å². The molecule has 10 heteroatoms. The zero-order chi connectivity index (χ0) is 24.8. The monoisotopic (exact) mass is 540 g/mol. The van der Waals surface area contributed by atoms with Crippen LogP contribution in [0.25, 0.3) is 6.08 Å². The topological polar surface area (TPSA) is 75.2 Å². The van der Waals surface area contributed by atoms with Crippen LogP contribution >= 0.6 is 47.1 Å². The number of rotatable bonds is 9. The maximum atomic E-state index is 12.8. The van der Waals surface area contributed by atoms with Crippen LogP contribution in [0.3, 0.4) is 0 Å². The summed E-state index contributed by atoms with van der Waals surface area (Å²) in [5.41, 5.74) is 4.57. The molecule has 0 bridgehead atoms. The second-order valence-corrected chi connectivity index (χ2v) is 11.9. The number of amides is 2. The molecular weight excluding hydrogens is 517 g/mol. The second kappa shape index (κ2) is 11.9. The van der Waals surface area contributed by atoms with Crippen molar-refractivity contribution in [3.8, 4) is 0 Å². The van der Waals surface area contributed by atoms with E-state index in [-0.39, 0.29) is 18.2 Å². The summed E-state index contributed by atoms with van der Waals surface area (Å²) in [5.74, 6) is 0.530. The minimum atomic E-state index is -0.156. The highest BCUT2D eigenvalue weighted by Crippen LogP contribution is 2.33. The fourth-order valence-corrected chi connectivity index (χ4v) is 6.27. The number of carbonyl (C=O) groups is 2. The minimum absolute atomic E-state index is 0.111. The molecule has 4 rings (SSSR count). The van der Waals surface area contributed by atoms with E-state index in [1.54, 1.807) is 16.7 Å². The van der Waals surface area contributed by atoms with Crippen LogP contribution in [0.15, 0.2) is 57.8 Å². The van der Waals surface area contributed by atoms with Gasteiger partial charge in [-0.25, -0.2) is 0 Å². The van der Waals surface area contributed by atoms with Gasteiger partial charge in [0.05, 0.1) is 4.91 Å². The summed E-state index contributed by atoms with van der Waals surface area (Å²) in [6.07, 6.45) is 2.62. The van der Waals surface area contributed by atoms with Gasteiger partial charge in [-0.3, -0.25) is 14.5 Å². The zero-order valence-electron chi connectivity index (χ0n) is 19.3. The van der Waals surface area contributed by atoms with E-state index in [0.717, 1.165) is 15.7 Å². The Morgan fingerprint density at radius 2 is 1.77 bits per heavy atom. The lowest BCUT2D eigenvalue weighted by Gasteiger charge is -2.13. The van der Waals surface area contributed by atoms with Crippen molar-refractivity contribution < 1.29 is 9.59 Å². The van der Waals surface area contributed by atoms with E-state index >= 15 is 0 Å². The largest absolute Gasteiger partial charge is 0.301 e. The van der Waals surface area contributed by atoms with Crippen molar-refractivity contribution in [3.05, 3.63) is 75.7 Å². The number of benzene rings is 2. The molecule has 0 radical (unpaired) electrons. The smallest absolute Gasteiger partial charge is 0.266 e. The van der Waals surface area contributed by atoms with Crippen molar-refractivity contribution in [2.24, 2.45) is 0 Å². The summed E-state index contributed by atoms with van der Waals surface area (Å²) in [5, 5.41) is 11.5. The first kappa shape index (κ1) is 25.6. The highest BCUT2D eigenvalue weighted by molar-refractivity contribution is 8.26. The van der Waals surface area contributed by atoms with Crippen LogP contribution in [-0.2, 0) is 15.3 Å². The van der Waals surface area contributed by atoms with Crippen molar-refractivity contribution in [3.63, 3.8) is 0 Å². The number of nitrogens with zero attached hydrogens (tertiary/aromatic N) is 3. The molecule has 6 nitrogen and oxygen atoms in total. The van der Waals surface area contributed by atoms with E-state index in [1.165, 1.54) is 39.8 Å². The number of hydrogen-bond acceptors (Lipinski definition) is 8. The van der Waals surface area contributed by atoms with Crippen molar-refractivity contribution in [2.75, 3.05) is 11.9 Å². The van der Waals surface area contributed by atoms with Gasteiger partial charge in [0.1, 0.15) is 4.32 Å². The van der Waals surface area contributed by atoms with Gasteiger partial charge >= 0.3 is 0 Å². The predicted molar refractivity (Wildman–Crippen MR) is 150 cm³/mol. The Morgan fingerprint density at radius 3 is 2.49 bits per heavy atom. The van der Waals surface area contributed by atoms with Crippen LogP contribution in [0.5, 0.6) is 0 Å².